The third-order valence-corrected chi connectivity index (χ3v) is 3.59. The molecule has 104 valence electrons. The van der Waals surface area contributed by atoms with Crippen molar-refractivity contribution in [2.45, 2.75) is 52.0 Å². The normalized spacial score (nSPS) is 16.4. The number of ether oxygens (including phenoxy) is 1. The van der Waals surface area contributed by atoms with E-state index in [-0.39, 0.29) is 0 Å². The predicted molar refractivity (Wildman–Crippen MR) is 76.6 cm³/mol. The number of rotatable bonds is 3. The molecule has 0 aliphatic heterocycles. The van der Waals surface area contributed by atoms with Crippen LogP contribution in [0.4, 0.5) is 4.79 Å². The zero-order valence-corrected chi connectivity index (χ0v) is 12.4. The van der Waals surface area contributed by atoms with Gasteiger partial charge in [-0.3, -0.25) is 5.32 Å². The molecule has 1 aliphatic rings. The Kier molecular flexibility index (Phi) is 6.39. The smallest absolute Gasteiger partial charge is 0.413 e. The number of alkyl carbamates (subject to hydrolysis) is 1. The topological polar surface area (TPSA) is 41.6 Å². The molecule has 0 radical (unpaired) electrons. The largest absolute Gasteiger partial charge is 0.449 e. The van der Waals surface area contributed by atoms with Gasteiger partial charge in [0.25, 0.3) is 0 Å². The van der Waals surface area contributed by atoms with Gasteiger partial charge in [0, 0.05) is 13.1 Å². The van der Waals surface area contributed by atoms with Crippen LogP contribution in [0.15, 0.2) is 0 Å². The van der Waals surface area contributed by atoms with E-state index in [4.69, 9.17) is 17.0 Å². The van der Waals surface area contributed by atoms with Crippen LogP contribution >= 0.6 is 12.2 Å². The molecule has 1 aliphatic carbocycles. The third kappa shape index (κ3) is 5.21. The number of amides is 1. The fraction of sp³-hybridized carbons (Fsp3) is 0.846. The lowest BCUT2D eigenvalue weighted by atomic mass is 9.95. The Bertz CT molecular complexity index is 289. The summed E-state index contributed by atoms with van der Waals surface area (Å²) in [6, 6.07) is 0.455. The van der Waals surface area contributed by atoms with Crippen LogP contribution in [0.3, 0.4) is 0 Å². The van der Waals surface area contributed by atoms with E-state index in [1.54, 1.807) is 0 Å². The van der Waals surface area contributed by atoms with Crippen molar-refractivity contribution in [2.24, 2.45) is 5.92 Å². The molecule has 0 spiro atoms. The molecular weight excluding hydrogens is 248 g/mol. The average Bonchev–Trinajstić information content (AvgIpc) is 2.36. The van der Waals surface area contributed by atoms with Gasteiger partial charge in [-0.15, -0.1) is 0 Å². The highest BCUT2D eigenvalue weighted by atomic mass is 32.1. The number of nitrogens with one attached hydrogen (secondary N) is 1. The van der Waals surface area contributed by atoms with Gasteiger partial charge in [0.15, 0.2) is 5.11 Å². The Morgan fingerprint density at radius 3 is 2.56 bits per heavy atom. The summed E-state index contributed by atoms with van der Waals surface area (Å²) in [5.74, 6) is 0.334. The summed E-state index contributed by atoms with van der Waals surface area (Å²) in [4.78, 5) is 13.5. The van der Waals surface area contributed by atoms with Gasteiger partial charge in [-0.1, -0.05) is 33.1 Å². The first-order valence-corrected chi connectivity index (χ1v) is 7.12. The second-order valence-electron chi connectivity index (χ2n) is 5.33. The molecule has 0 aromatic heterocycles. The maximum atomic E-state index is 11.5. The lowest BCUT2D eigenvalue weighted by Crippen LogP contribution is -2.46. The average molecular weight is 272 g/mol. The van der Waals surface area contributed by atoms with Crippen molar-refractivity contribution in [1.29, 1.82) is 0 Å². The van der Waals surface area contributed by atoms with E-state index in [0.717, 1.165) is 12.8 Å². The van der Waals surface area contributed by atoms with Crippen LogP contribution in [-0.4, -0.2) is 35.8 Å². The molecule has 0 unspecified atom stereocenters. The standard InChI is InChI=1S/C13H24N2O2S/c1-10(2)9-17-13(16)14-12(18)15(3)11-7-5-4-6-8-11/h10-11H,4-9H2,1-3H3,(H,14,16,18). The lowest BCUT2D eigenvalue weighted by molar-refractivity contribution is 0.136. The second-order valence-corrected chi connectivity index (χ2v) is 5.71. The molecule has 0 saturated heterocycles. The van der Waals surface area contributed by atoms with E-state index >= 15 is 0 Å². The number of thiocarbonyl (C=S) groups is 1. The van der Waals surface area contributed by atoms with Gasteiger partial charge < -0.3 is 9.64 Å². The number of hydrogen-bond donors (Lipinski definition) is 1. The van der Waals surface area contributed by atoms with Crippen LogP contribution in [0.5, 0.6) is 0 Å². The summed E-state index contributed by atoms with van der Waals surface area (Å²) in [5.41, 5.74) is 0. The molecule has 18 heavy (non-hydrogen) atoms. The Hall–Kier alpha value is -0.840. The summed E-state index contributed by atoms with van der Waals surface area (Å²) < 4.78 is 5.05. The summed E-state index contributed by atoms with van der Waals surface area (Å²) in [6.45, 7) is 4.42. The molecule has 1 amide bonds. The van der Waals surface area contributed by atoms with E-state index < -0.39 is 6.09 Å². The molecular formula is C13H24N2O2S. The van der Waals surface area contributed by atoms with Crippen molar-refractivity contribution in [3.8, 4) is 0 Å². The number of hydrogen-bond acceptors (Lipinski definition) is 3. The highest BCUT2D eigenvalue weighted by Gasteiger charge is 2.21. The fourth-order valence-electron chi connectivity index (χ4n) is 2.09. The van der Waals surface area contributed by atoms with E-state index in [1.807, 2.05) is 25.8 Å². The van der Waals surface area contributed by atoms with Gasteiger partial charge in [-0.2, -0.15) is 0 Å². The Morgan fingerprint density at radius 1 is 1.39 bits per heavy atom. The van der Waals surface area contributed by atoms with Crippen LogP contribution in [0.2, 0.25) is 0 Å². The molecule has 1 rings (SSSR count). The molecule has 1 N–H and O–H groups in total. The van der Waals surface area contributed by atoms with Crippen molar-refractivity contribution >= 4 is 23.4 Å². The van der Waals surface area contributed by atoms with Gasteiger partial charge in [-0.05, 0) is 31.0 Å². The third-order valence-electron chi connectivity index (χ3n) is 3.20. The van der Waals surface area contributed by atoms with Crippen LogP contribution < -0.4 is 5.32 Å². The minimum Gasteiger partial charge on any atom is -0.449 e. The van der Waals surface area contributed by atoms with Crippen molar-refractivity contribution in [3.63, 3.8) is 0 Å². The Labute approximate surface area is 115 Å². The minimum absolute atomic E-state index is 0.334. The van der Waals surface area contributed by atoms with Gasteiger partial charge in [0.2, 0.25) is 0 Å². The van der Waals surface area contributed by atoms with Crippen molar-refractivity contribution in [2.75, 3.05) is 13.7 Å². The Morgan fingerprint density at radius 2 is 2.00 bits per heavy atom. The maximum Gasteiger partial charge on any atom is 0.413 e. The molecule has 5 heteroatoms. The first-order valence-electron chi connectivity index (χ1n) is 6.71. The van der Waals surface area contributed by atoms with Crippen LogP contribution in [0.1, 0.15) is 46.0 Å². The first-order chi connectivity index (χ1) is 8.50. The zero-order chi connectivity index (χ0) is 13.5. The van der Waals surface area contributed by atoms with Crippen molar-refractivity contribution < 1.29 is 9.53 Å². The molecule has 0 atom stereocenters. The van der Waals surface area contributed by atoms with E-state index in [1.165, 1.54) is 19.3 Å². The van der Waals surface area contributed by atoms with Gasteiger partial charge in [-0.25, -0.2) is 4.79 Å². The monoisotopic (exact) mass is 272 g/mol. The second kappa shape index (κ2) is 7.56. The van der Waals surface area contributed by atoms with Gasteiger partial charge in [0.05, 0.1) is 6.61 Å². The fourth-order valence-corrected chi connectivity index (χ4v) is 2.32. The van der Waals surface area contributed by atoms with Crippen LogP contribution in [0.25, 0.3) is 0 Å². The van der Waals surface area contributed by atoms with Crippen molar-refractivity contribution in [3.05, 3.63) is 0 Å². The molecule has 4 nitrogen and oxygen atoms in total. The molecule has 0 heterocycles. The minimum atomic E-state index is -0.448. The SMILES string of the molecule is CC(C)COC(=O)NC(=S)N(C)C1CCCCC1. The molecule has 0 bridgehead atoms. The summed E-state index contributed by atoms with van der Waals surface area (Å²) in [5, 5.41) is 3.10. The number of carbonyl (C=O) groups is 1. The van der Waals surface area contributed by atoms with E-state index in [9.17, 15) is 4.79 Å². The highest BCUT2D eigenvalue weighted by molar-refractivity contribution is 7.80. The summed E-state index contributed by atoms with van der Waals surface area (Å²) >= 11 is 5.23. The predicted octanol–water partition coefficient (Wildman–Crippen LogP) is 2.92. The van der Waals surface area contributed by atoms with Gasteiger partial charge >= 0.3 is 6.09 Å². The molecule has 0 aromatic carbocycles. The lowest BCUT2D eigenvalue weighted by Gasteiger charge is -2.32. The van der Waals surface area contributed by atoms with Crippen LogP contribution in [0, 0.1) is 5.92 Å². The number of nitrogens with zero attached hydrogens (tertiary/aromatic N) is 1. The van der Waals surface area contributed by atoms with Crippen LogP contribution in [-0.2, 0) is 4.74 Å². The Balaban J connectivity index is 2.32. The van der Waals surface area contributed by atoms with E-state index in [0.29, 0.717) is 23.7 Å². The molecule has 1 fully saturated rings. The zero-order valence-electron chi connectivity index (χ0n) is 11.6. The molecule has 0 aromatic rings. The van der Waals surface area contributed by atoms with Gasteiger partial charge in [0.1, 0.15) is 0 Å². The van der Waals surface area contributed by atoms with E-state index in [2.05, 4.69) is 5.32 Å². The maximum absolute atomic E-state index is 11.5. The number of carbonyl (C=O) groups excluding carboxylic acids is 1. The molecule has 1 saturated carbocycles. The summed E-state index contributed by atoms with van der Waals surface area (Å²) in [7, 11) is 1.95. The summed E-state index contributed by atoms with van der Waals surface area (Å²) in [6.07, 6.45) is 5.65. The first kappa shape index (κ1) is 15.2. The van der Waals surface area contributed by atoms with Crippen molar-refractivity contribution in [1.82, 2.24) is 10.2 Å². The quantitative estimate of drug-likeness (QED) is 0.802. The highest BCUT2D eigenvalue weighted by Crippen LogP contribution is 2.21.